The third-order valence-corrected chi connectivity index (χ3v) is 4.46. The number of ether oxygens (including phenoxy) is 1. The zero-order chi connectivity index (χ0) is 11.4. The molecule has 0 heterocycles. The summed E-state index contributed by atoms with van der Waals surface area (Å²) in [4.78, 5) is 0. The quantitative estimate of drug-likeness (QED) is 0.797. The van der Waals surface area contributed by atoms with Crippen molar-refractivity contribution in [1.82, 2.24) is 5.32 Å². The molecule has 0 radical (unpaired) electrons. The van der Waals surface area contributed by atoms with Gasteiger partial charge in [0.05, 0.1) is 12.2 Å². The van der Waals surface area contributed by atoms with Crippen LogP contribution in [0.5, 0.6) is 0 Å². The highest BCUT2D eigenvalue weighted by Crippen LogP contribution is 2.30. The predicted octanol–water partition coefficient (Wildman–Crippen LogP) is 3.11. The Bertz CT molecular complexity index is 207. The molecule has 4 unspecified atom stereocenters. The van der Waals surface area contributed by atoms with Crippen molar-refractivity contribution >= 4 is 0 Å². The summed E-state index contributed by atoms with van der Waals surface area (Å²) in [6.45, 7) is 2.36. The fraction of sp³-hybridized carbons (Fsp3) is 1.00. The van der Waals surface area contributed by atoms with Crippen LogP contribution in [0.15, 0.2) is 0 Å². The number of likely N-dealkylation sites (N-methyl/N-ethyl adjacent to an activating group) is 1. The van der Waals surface area contributed by atoms with Crippen molar-refractivity contribution in [2.24, 2.45) is 5.92 Å². The average molecular weight is 225 g/mol. The predicted molar refractivity (Wildman–Crippen MR) is 67.6 cm³/mol. The molecule has 0 aromatic heterocycles. The topological polar surface area (TPSA) is 21.3 Å². The smallest absolute Gasteiger partial charge is 0.0731 e. The first-order chi connectivity index (χ1) is 7.81. The van der Waals surface area contributed by atoms with Gasteiger partial charge in [-0.25, -0.2) is 0 Å². The molecular weight excluding hydrogens is 198 g/mol. The highest BCUT2D eigenvalue weighted by molar-refractivity contribution is 4.83. The van der Waals surface area contributed by atoms with Gasteiger partial charge in [-0.15, -0.1) is 0 Å². The maximum atomic E-state index is 6.39. The second kappa shape index (κ2) is 6.02. The van der Waals surface area contributed by atoms with Crippen LogP contribution in [0, 0.1) is 5.92 Å². The first-order valence-electron chi connectivity index (χ1n) is 7.14. The van der Waals surface area contributed by atoms with E-state index in [0.29, 0.717) is 18.2 Å². The zero-order valence-electron chi connectivity index (χ0n) is 10.9. The minimum Gasteiger partial charge on any atom is -0.373 e. The molecule has 0 aromatic carbocycles. The van der Waals surface area contributed by atoms with E-state index in [2.05, 4.69) is 19.3 Å². The molecule has 2 aliphatic rings. The van der Waals surface area contributed by atoms with Gasteiger partial charge < -0.3 is 10.1 Å². The van der Waals surface area contributed by atoms with Gasteiger partial charge in [-0.2, -0.15) is 0 Å². The Morgan fingerprint density at radius 3 is 2.19 bits per heavy atom. The molecule has 1 N–H and O–H groups in total. The van der Waals surface area contributed by atoms with Crippen molar-refractivity contribution in [2.75, 3.05) is 7.05 Å². The minimum atomic E-state index is 0.476. The highest BCUT2D eigenvalue weighted by Gasteiger charge is 2.30. The van der Waals surface area contributed by atoms with Gasteiger partial charge >= 0.3 is 0 Å². The number of nitrogens with one attached hydrogen (secondary N) is 1. The molecule has 16 heavy (non-hydrogen) atoms. The first-order valence-corrected chi connectivity index (χ1v) is 7.14. The maximum Gasteiger partial charge on any atom is 0.0731 e. The molecule has 4 atom stereocenters. The Hall–Kier alpha value is -0.0800. The lowest BCUT2D eigenvalue weighted by Gasteiger charge is -2.37. The third kappa shape index (κ3) is 2.98. The molecule has 0 bridgehead atoms. The summed E-state index contributed by atoms with van der Waals surface area (Å²) in [7, 11) is 2.08. The lowest BCUT2D eigenvalue weighted by atomic mass is 9.86. The van der Waals surface area contributed by atoms with Crippen molar-refractivity contribution in [3.8, 4) is 0 Å². The van der Waals surface area contributed by atoms with Crippen molar-refractivity contribution in [3.05, 3.63) is 0 Å². The van der Waals surface area contributed by atoms with E-state index in [0.717, 1.165) is 5.92 Å². The fourth-order valence-electron chi connectivity index (χ4n) is 3.30. The number of rotatable bonds is 3. The first kappa shape index (κ1) is 12.4. The van der Waals surface area contributed by atoms with E-state index in [9.17, 15) is 0 Å². The summed E-state index contributed by atoms with van der Waals surface area (Å²) in [6, 6.07) is 0.600. The van der Waals surface area contributed by atoms with Gasteiger partial charge in [-0.3, -0.25) is 0 Å². The fourth-order valence-corrected chi connectivity index (χ4v) is 3.30. The average Bonchev–Trinajstić information content (AvgIpc) is 2.33. The van der Waals surface area contributed by atoms with Crippen LogP contribution in [0.4, 0.5) is 0 Å². The SMILES string of the molecule is CNC1CCCCC1OC1CCCCC1C. The largest absolute Gasteiger partial charge is 0.373 e. The molecule has 0 saturated heterocycles. The van der Waals surface area contributed by atoms with Crippen LogP contribution in [0.25, 0.3) is 0 Å². The Morgan fingerprint density at radius 2 is 1.50 bits per heavy atom. The lowest BCUT2D eigenvalue weighted by molar-refractivity contribution is -0.0802. The highest BCUT2D eigenvalue weighted by atomic mass is 16.5. The van der Waals surface area contributed by atoms with Crippen LogP contribution in [-0.4, -0.2) is 25.3 Å². The third-order valence-electron chi connectivity index (χ3n) is 4.46. The van der Waals surface area contributed by atoms with Crippen LogP contribution in [0.1, 0.15) is 58.3 Å². The molecule has 0 aromatic rings. The van der Waals surface area contributed by atoms with Crippen molar-refractivity contribution in [1.29, 1.82) is 0 Å². The summed E-state index contributed by atoms with van der Waals surface area (Å²) in [5.74, 6) is 0.771. The van der Waals surface area contributed by atoms with Gasteiger partial charge in [0.1, 0.15) is 0 Å². The maximum absolute atomic E-state index is 6.39. The lowest BCUT2D eigenvalue weighted by Crippen LogP contribution is -2.44. The van der Waals surface area contributed by atoms with E-state index in [1.807, 2.05) is 0 Å². The Balaban J connectivity index is 1.86. The van der Waals surface area contributed by atoms with Gasteiger partial charge in [-0.05, 0) is 38.6 Å². The van der Waals surface area contributed by atoms with Crippen LogP contribution in [-0.2, 0) is 4.74 Å². The van der Waals surface area contributed by atoms with Gasteiger partial charge in [-0.1, -0.05) is 32.6 Å². The van der Waals surface area contributed by atoms with E-state index in [1.54, 1.807) is 0 Å². The summed E-state index contributed by atoms with van der Waals surface area (Å²) < 4.78 is 6.39. The summed E-state index contributed by atoms with van der Waals surface area (Å²) in [5.41, 5.74) is 0. The standard InChI is InChI=1S/C14H27NO/c1-11-7-3-5-9-13(11)16-14-10-6-4-8-12(14)15-2/h11-15H,3-10H2,1-2H3. The molecule has 0 aliphatic heterocycles. The van der Waals surface area contributed by atoms with Crippen LogP contribution in [0.2, 0.25) is 0 Å². The molecule has 2 saturated carbocycles. The Labute approximate surface area is 100 Å². The molecular formula is C14H27NO. The zero-order valence-corrected chi connectivity index (χ0v) is 10.9. The van der Waals surface area contributed by atoms with Gasteiger partial charge in [0.15, 0.2) is 0 Å². The Morgan fingerprint density at radius 1 is 0.875 bits per heavy atom. The summed E-state index contributed by atoms with van der Waals surface area (Å²) in [5, 5.41) is 3.43. The van der Waals surface area contributed by atoms with Crippen LogP contribution < -0.4 is 5.32 Å². The number of hydrogen-bond acceptors (Lipinski definition) is 2. The molecule has 2 aliphatic carbocycles. The molecule has 0 amide bonds. The van der Waals surface area contributed by atoms with Gasteiger partial charge in [0, 0.05) is 6.04 Å². The van der Waals surface area contributed by atoms with Crippen molar-refractivity contribution in [2.45, 2.75) is 76.5 Å². The van der Waals surface area contributed by atoms with Crippen LogP contribution >= 0.6 is 0 Å². The second-order valence-corrected chi connectivity index (χ2v) is 5.65. The van der Waals surface area contributed by atoms with E-state index in [-0.39, 0.29) is 0 Å². The van der Waals surface area contributed by atoms with E-state index >= 15 is 0 Å². The van der Waals surface area contributed by atoms with Gasteiger partial charge in [0.2, 0.25) is 0 Å². The normalized spacial score (nSPS) is 40.9. The molecule has 2 heteroatoms. The molecule has 2 fully saturated rings. The number of hydrogen-bond donors (Lipinski definition) is 1. The van der Waals surface area contributed by atoms with Gasteiger partial charge in [0.25, 0.3) is 0 Å². The Kier molecular flexibility index (Phi) is 4.66. The summed E-state index contributed by atoms with van der Waals surface area (Å²) >= 11 is 0. The van der Waals surface area contributed by atoms with E-state index in [4.69, 9.17) is 4.74 Å². The summed E-state index contributed by atoms with van der Waals surface area (Å²) in [6.07, 6.45) is 11.7. The van der Waals surface area contributed by atoms with Crippen molar-refractivity contribution < 1.29 is 4.74 Å². The molecule has 2 nitrogen and oxygen atoms in total. The molecule has 94 valence electrons. The molecule has 2 rings (SSSR count). The van der Waals surface area contributed by atoms with E-state index in [1.165, 1.54) is 51.4 Å². The van der Waals surface area contributed by atoms with Crippen molar-refractivity contribution in [3.63, 3.8) is 0 Å². The second-order valence-electron chi connectivity index (χ2n) is 5.65. The monoisotopic (exact) mass is 225 g/mol. The molecule has 0 spiro atoms. The van der Waals surface area contributed by atoms with E-state index < -0.39 is 0 Å². The van der Waals surface area contributed by atoms with Crippen LogP contribution in [0.3, 0.4) is 0 Å². The minimum absolute atomic E-state index is 0.476.